The molecule has 1 unspecified atom stereocenters. The lowest BCUT2D eigenvalue weighted by Gasteiger charge is -2.11. The summed E-state index contributed by atoms with van der Waals surface area (Å²) in [5, 5.41) is 0. The van der Waals surface area contributed by atoms with E-state index in [4.69, 9.17) is 5.73 Å². The molecule has 0 spiro atoms. The minimum Gasteiger partial charge on any atom is -0.319 e. The number of hydrogen-bond acceptors (Lipinski definition) is 2. The molecule has 0 bridgehead atoms. The maximum Gasteiger partial charge on any atom is 0.131 e. The molecule has 1 aromatic carbocycles. The molecule has 0 amide bonds. The van der Waals surface area contributed by atoms with Crippen molar-refractivity contribution in [3.8, 4) is 0 Å². The second kappa shape index (κ2) is 4.55. The topological polar surface area (TPSA) is 26.0 Å². The first-order chi connectivity index (χ1) is 8.00. The van der Waals surface area contributed by atoms with E-state index in [9.17, 15) is 8.78 Å². The lowest BCUT2D eigenvalue weighted by Crippen LogP contribution is -2.14. The monoisotopic (exact) mass is 253 g/mol. The Bertz CT molecular complexity index is 509. The number of hydrogen-bond donors (Lipinski definition) is 1. The van der Waals surface area contributed by atoms with Gasteiger partial charge in [-0.05, 0) is 37.6 Å². The van der Waals surface area contributed by atoms with Crippen LogP contribution < -0.4 is 5.73 Å². The molecule has 0 saturated heterocycles. The van der Waals surface area contributed by atoms with Gasteiger partial charge in [-0.1, -0.05) is 6.07 Å². The van der Waals surface area contributed by atoms with Crippen molar-refractivity contribution >= 4 is 11.3 Å². The van der Waals surface area contributed by atoms with Crippen molar-refractivity contribution in [1.29, 1.82) is 0 Å². The van der Waals surface area contributed by atoms with E-state index in [1.54, 1.807) is 0 Å². The fourth-order valence-corrected chi connectivity index (χ4v) is 2.76. The first kappa shape index (κ1) is 12.2. The summed E-state index contributed by atoms with van der Waals surface area (Å²) in [6.45, 7) is 3.92. The second-order valence-corrected chi connectivity index (χ2v) is 5.29. The number of aryl methyl sites for hydroxylation is 2. The molecule has 1 heterocycles. The van der Waals surface area contributed by atoms with Crippen molar-refractivity contribution in [3.63, 3.8) is 0 Å². The average Bonchev–Trinajstić information content (AvgIpc) is 2.59. The first-order valence-electron chi connectivity index (χ1n) is 5.27. The summed E-state index contributed by atoms with van der Waals surface area (Å²) in [6.07, 6.45) is 0. The lowest BCUT2D eigenvalue weighted by molar-refractivity contribution is 0.545. The minimum absolute atomic E-state index is 0.0613. The largest absolute Gasteiger partial charge is 0.319 e. The Labute approximate surface area is 103 Å². The summed E-state index contributed by atoms with van der Waals surface area (Å²) in [7, 11) is 0. The van der Waals surface area contributed by atoms with E-state index in [1.165, 1.54) is 29.5 Å². The van der Waals surface area contributed by atoms with Crippen LogP contribution in [-0.2, 0) is 0 Å². The SMILES string of the molecule is Cc1cc(C(N)c2c(F)cccc2F)sc1C. The zero-order valence-electron chi connectivity index (χ0n) is 9.63. The van der Waals surface area contributed by atoms with Crippen LogP contribution in [0.1, 0.15) is 26.9 Å². The minimum atomic E-state index is -0.742. The molecule has 0 aliphatic carbocycles. The maximum absolute atomic E-state index is 13.6. The summed E-state index contributed by atoms with van der Waals surface area (Å²) in [5.41, 5.74) is 6.96. The van der Waals surface area contributed by atoms with Gasteiger partial charge in [0.05, 0.1) is 6.04 Å². The molecular weight excluding hydrogens is 240 g/mol. The van der Waals surface area contributed by atoms with Crippen LogP contribution in [0.3, 0.4) is 0 Å². The van der Waals surface area contributed by atoms with E-state index >= 15 is 0 Å². The van der Waals surface area contributed by atoms with Crippen molar-refractivity contribution in [1.82, 2.24) is 0 Å². The Morgan fingerprint density at radius 1 is 1.18 bits per heavy atom. The Morgan fingerprint density at radius 3 is 2.24 bits per heavy atom. The predicted octanol–water partition coefficient (Wildman–Crippen LogP) is 3.69. The maximum atomic E-state index is 13.6. The number of thiophene rings is 1. The third-order valence-electron chi connectivity index (χ3n) is 2.80. The Morgan fingerprint density at radius 2 is 1.76 bits per heavy atom. The van der Waals surface area contributed by atoms with Crippen molar-refractivity contribution in [2.45, 2.75) is 19.9 Å². The highest BCUT2D eigenvalue weighted by Crippen LogP contribution is 2.31. The van der Waals surface area contributed by atoms with Crippen LogP contribution in [0.4, 0.5) is 8.78 Å². The quantitative estimate of drug-likeness (QED) is 0.867. The molecule has 1 atom stereocenters. The second-order valence-electron chi connectivity index (χ2n) is 4.00. The highest BCUT2D eigenvalue weighted by Gasteiger charge is 2.20. The smallest absolute Gasteiger partial charge is 0.131 e. The highest BCUT2D eigenvalue weighted by atomic mass is 32.1. The first-order valence-corrected chi connectivity index (χ1v) is 6.08. The van der Waals surface area contributed by atoms with E-state index in [2.05, 4.69) is 0 Å². The van der Waals surface area contributed by atoms with E-state index in [1.807, 2.05) is 19.9 Å². The van der Waals surface area contributed by atoms with Gasteiger partial charge in [0.2, 0.25) is 0 Å². The van der Waals surface area contributed by atoms with Crippen LogP contribution in [0.2, 0.25) is 0 Å². The van der Waals surface area contributed by atoms with Crippen LogP contribution in [0.25, 0.3) is 0 Å². The van der Waals surface area contributed by atoms with Gasteiger partial charge >= 0.3 is 0 Å². The van der Waals surface area contributed by atoms with Crippen LogP contribution in [0, 0.1) is 25.5 Å². The fraction of sp³-hybridized carbons (Fsp3) is 0.231. The standard InChI is InChI=1S/C13H13F2NS/c1-7-6-11(17-8(7)2)13(16)12-9(14)4-3-5-10(12)15/h3-6,13H,16H2,1-2H3. The lowest BCUT2D eigenvalue weighted by atomic mass is 10.0. The molecule has 0 aliphatic heterocycles. The Balaban J connectivity index is 2.47. The van der Waals surface area contributed by atoms with E-state index in [-0.39, 0.29) is 5.56 Å². The number of halogens is 2. The molecule has 1 nitrogen and oxygen atoms in total. The highest BCUT2D eigenvalue weighted by molar-refractivity contribution is 7.12. The summed E-state index contributed by atoms with van der Waals surface area (Å²) in [5.74, 6) is -1.19. The van der Waals surface area contributed by atoms with E-state index in [0.717, 1.165) is 15.3 Å². The molecular formula is C13H13F2NS. The molecule has 2 N–H and O–H groups in total. The van der Waals surface area contributed by atoms with E-state index < -0.39 is 17.7 Å². The number of nitrogens with two attached hydrogens (primary N) is 1. The van der Waals surface area contributed by atoms with Crippen LogP contribution in [-0.4, -0.2) is 0 Å². The van der Waals surface area contributed by atoms with Gasteiger partial charge in [-0.25, -0.2) is 8.78 Å². The van der Waals surface area contributed by atoms with Gasteiger partial charge in [-0.15, -0.1) is 11.3 Å². The third kappa shape index (κ3) is 2.23. The van der Waals surface area contributed by atoms with Gasteiger partial charge in [0.1, 0.15) is 11.6 Å². The van der Waals surface area contributed by atoms with Crippen molar-refractivity contribution < 1.29 is 8.78 Å². The Kier molecular flexibility index (Phi) is 3.26. The molecule has 0 radical (unpaired) electrons. The summed E-state index contributed by atoms with van der Waals surface area (Å²) in [4.78, 5) is 1.90. The molecule has 2 aromatic rings. The Hall–Kier alpha value is -1.26. The van der Waals surface area contributed by atoms with Gasteiger partial charge in [0, 0.05) is 15.3 Å². The molecule has 0 aliphatic rings. The van der Waals surface area contributed by atoms with Gasteiger partial charge in [0.15, 0.2) is 0 Å². The average molecular weight is 253 g/mol. The van der Waals surface area contributed by atoms with Gasteiger partial charge in [-0.2, -0.15) is 0 Å². The predicted molar refractivity (Wildman–Crippen MR) is 66.2 cm³/mol. The molecule has 0 fully saturated rings. The van der Waals surface area contributed by atoms with Crippen LogP contribution in [0.5, 0.6) is 0 Å². The number of benzene rings is 1. The summed E-state index contributed by atoms with van der Waals surface area (Å²) in [6, 6.07) is 4.94. The fourth-order valence-electron chi connectivity index (χ4n) is 1.71. The molecule has 4 heteroatoms. The molecule has 1 aromatic heterocycles. The van der Waals surface area contributed by atoms with Crippen LogP contribution in [0.15, 0.2) is 24.3 Å². The normalized spacial score (nSPS) is 12.8. The summed E-state index contributed by atoms with van der Waals surface area (Å²) >= 11 is 1.48. The van der Waals surface area contributed by atoms with E-state index in [0.29, 0.717) is 0 Å². The number of rotatable bonds is 2. The van der Waals surface area contributed by atoms with Crippen molar-refractivity contribution in [3.05, 3.63) is 56.8 Å². The van der Waals surface area contributed by atoms with Crippen molar-refractivity contribution in [2.24, 2.45) is 5.73 Å². The van der Waals surface area contributed by atoms with Gasteiger partial charge in [-0.3, -0.25) is 0 Å². The summed E-state index contributed by atoms with van der Waals surface area (Å²) < 4.78 is 27.2. The zero-order valence-corrected chi connectivity index (χ0v) is 10.4. The molecule has 2 rings (SSSR count). The van der Waals surface area contributed by atoms with Crippen molar-refractivity contribution in [2.75, 3.05) is 0 Å². The molecule has 17 heavy (non-hydrogen) atoms. The molecule has 90 valence electrons. The zero-order chi connectivity index (χ0) is 12.6. The molecule has 0 saturated carbocycles. The van der Waals surface area contributed by atoms with Crippen LogP contribution >= 0.6 is 11.3 Å². The third-order valence-corrected chi connectivity index (χ3v) is 4.04. The van der Waals surface area contributed by atoms with Gasteiger partial charge in [0.25, 0.3) is 0 Å². The van der Waals surface area contributed by atoms with Gasteiger partial charge < -0.3 is 5.73 Å².